The van der Waals surface area contributed by atoms with Crippen LogP contribution in [-0.2, 0) is 10.0 Å². The topological polar surface area (TPSA) is 63.4 Å². The number of piperidine rings is 1. The van der Waals surface area contributed by atoms with Crippen LogP contribution in [0.2, 0.25) is 0 Å². The molecule has 0 aromatic rings. The standard InChI is InChI=1S/C14H28N2O2S.ClH/c1-12(15)14-9-5-6-10-16(14)19(17,18)11-13-7-3-2-4-8-13;/h12-14H,2-11,15H2,1H3;1H. The highest BCUT2D eigenvalue weighted by Crippen LogP contribution is 2.28. The van der Waals surface area contributed by atoms with Gasteiger partial charge in [-0.05, 0) is 38.5 Å². The molecule has 1 saturated carbocycles. The molecule has 0 bridgehead atoms. The van der Waals surface area contributed by atoms with E-state index in [0.29, 0.717) is 18.2 Å². The van der Waals surface area contributed by atoms with Crippen molar-refractivity contribution in [1.82, 2.24) is 4.31 Å². The molecule has 1 saturated heterocycles. The lowest BCUT2D eigenvalue weighted by molar-refractivity contribution is 0.225. The highest BCUT2D eigenvalue weighted by Gasteiger charge is 2.35. The molecule has 0 amide bonds. The average Bonchev–Trinajstić information content (AvgIpc) is 2.39. The Morgan fingerprint density at radius 1 is 1.10 bits per heavy atom. The zero-order valence-electron chi connectivity index (χ0n) is 12.5. The normalized spacial score (nSPS) is 27.8. The largest absolute Gasteiger partial charge is 0.326 e. The monoisotopic (exact) mass is 324 g/mol. The third kappa shape index (κ3) is 4.58. The SMILES string of the molecule is CC(N)C1CCCCN1S(=O)(=O)CC1CCCCC1.Cl. The van der Waals surface area contributed by atoms with Crippen LogP contribution < -0.4 is 5.73 Å². The first-order valence-electron chi connectivity index (χ1n) is 7.76. The Labute approximate surface area is 129 Å². The molecule has 0 radical (unpaired) electrons. The van der Waals surface area contributed by atoms with E-state index in [-0.39, 0.29) is 24.5 Å². The van der Waals surface area contributed by atoms with Gasteiger partial charge in [0.2, 0.25) is 10.0 Å². The van der Waals surface area contributed by atoms with Gasteiger partial charge in [-0.2, -0.15) is 4.31 Å². The van der Waals surface area contributed by atoms with Crippen LogP contribution in [0.4, 0.5) is 0 Å². The van der Waals surface area contributed by atoms with Crippen molar-refractivity contribution in [3.63, 3.8) is 0 Å². The van der Waals surface area contributed by atoms with E-state index in [1.807, 2.05) is 6.92 Å². The number of nitrogens with zero attached hydrogens (tertiary/aromatic N) is 1. The predicted molar refractivity (Wildman–Crippen MR) is 85.6 cm³/mol. The van der Waals surface area contributed by atoms with Gasteiger partial charge in [0.05, 0.1) is 5.75 Å². The summed E-state index contributed by atoms with van der Waals surface area (Å²) in [6.45, 7) is 2.60. The lowest BCUT2D eigenvalue weighted by atomic mass is 9.91. The zero-order chi connectivity index (χ0) is 13.9. The minimum atomic E-state index is -3.12. The molecular formula is C14H29ClN2O2S. The quantitative estimate of drug-likeness (QED) is 0.864. The van der Waals surface area contributed by atoms with Gasteiger partial charge in [-0.25, -0.2) is 8.42 Å². The number of hydrogen-bond acceptors (Lipinski definition) is 3. The number of sulfonamides is 1. The number of halogens is 1. The van der Waals surface area contributed by atoms with Gasteiger partial charge in [-0.3, -0.25) is 0 Å². The molecule has 2 N–H and O–H groups in total. The molecule has 2 rings (SSSR count). The number of nitrogens with two attached hydrogens (primary N) is 1. The lowest BCUT2D eigenvalue weighted by Crippen LogP contribution is -2.52. The number of rotatable bonds is 4. The molecule has 20 heavy (non-hydrogen) atoms. The molecule has 0 aromatic carbocycles. The predicted octanol–water partition coefficient (Wildman–Crippen LogP) is 2.52. The van der Waals surface area contributed by atoms with E-state index in [1.165, 1.54) is 19.3 Å². The first-order valence-corrected chi connectivity index (χ1v) is 9.37. The maximum absolute atomic E-state index is 12.6. The van der Waals surface area contributed by atoms with Gasteiger partial charge in [0.15, 0.2) is 0 Å². The van der Waals surface area contributed by atoms with Gasteiger partial charge in [-0.1, -0.05) is 25.7 Å². The fourth-order valence-electron chi connectivity index (χ4n) is 3.55. The summed E-state index contributed by atoms with van der Waals surface area (Å²) in [5.41, 5.74) is 5.98. The molecule has 1 heterocycles. The van der Waals surface area contributed by atoms with Gasteiger partial charge in [0.25, 0.3) is 0 Å². The second-order valence-corrected chi connectivity index (χ2v) is 8.28. The third-order valence-electron chi connectivity index (χ3n) is 4.63. The fraction of sp³-hybridized carbons (Fsp3) is 1.00. The Morgan fingerprint density at radius 3 is 2.30 bits per heavy atom. The molecule has 2 atom stereocenters. The maximum atomic E-state index is 12.6. The Bertz CT molecular complexity index is 381. The summed E-state index contributed by atoms with van der Waals surface area (Å²) in [6.07, 6.45) is 8.80. The van der Waals surface area contributed by atoms with Crippen molar-refractivity contribution in [2.75, 3.05) is 12.3 Å². The second kappa shape index (κ2) is 7.97. The number of hydrogen-bond donors (Lipinski definition) is 1. The van der Waals surface area contributed by atoms with E-state index in [4.69, 9.17) is 5.73 Å². The molecule has 2 aliphatic rings. The Hall–Kier alpha value is 0.160. The van der Waals surface area contributed by atoms with Gasteiger partial charge in [0, 0.05) is 18.6 Å². The van der Waals surface area contributed by atoms with E-state index >= 15 is 0 Å². The van der Waals surface area contributed by atoms with Crippen LogP contribution in [0.15, 0.2) is 0 Å². The molecule has 1 aliphatic heterocycles. The van der Waals surface area contributed by atoms with Crippen LogP contribution in [0.5, 0.6) is 0 Å². The Balaban J connectivity index is 0.00000200. The lowest BCUT2D eigenvalue weighted by Gasteiger charge is -2.38. The first-order chi connectivity index (χ1) is 9.00. The highest BCUT2D eigenvalue weighted by atomic mass is 35.5. The van der Waals surface area contributed by atoms with Crippen LogP contribution in [-0.4, -0.2) is 37.1 Å². The molecule has 0 aromatic heterocycles. The first kappa shape index (κ1) is 18.2. The van der Waals surface area contributed by atoms with Crippen LogP contribution in [0.3, 0.4) is 0 Å². The molecule has 1 aliphatic carbocycles. The van der Waals surface area contributed by atoms with E-state index in [1.54, 1.807) is 4.31 Å². The molecule has 120 valence electrons. The van der Waals surface area contributed by atoms with Gasteiger partial charge >= 0.3 is 0 Å². The van der Waals surface area contributed by atoms with Gasteiger partial charge in [-0.15, -0.1) is 12.4 Å². The fourth-order valence-corrected chi connectivity index (χ4v) is 5.79. The van der Waals surface area contributed by atoms with Crippen LogP contribution in [0.1, 0.15) is 58.3 Å². The smallest absolute Gasteiger partial charge is 0.214 e. The van der Waals surface area contributed by atoms with Crippen molar-refractivity contribution in [3.05, 3.63) is 0 Å². The molecule has 0 spiro atoms. The van der Waals surface area contributed by atoms with E-state index < -0.39 is 10.0 Å². The molecule has 4 nitrogen and oxygen atoms in total. The summed E-state index contributed by atoms with van der Waals surface area (Å²) in [5, 5.41) is 0. The molecule has 6 heteroatoms. The van der Waals surface area contributed by atoms with E-state index in [0.717, 1.165) is 32.1 Å². The average molecular weight is 325 g/mol. The Kier molecular flexibility index (Phi) is 7.25. The van der Waals surface area contributed by atoms with Crippen molar-refractivity contribution in [2.45, 2.75) is 70.4 Å². The summed E-state index contributed by atoms with van der Waals surface area (Å²) >= 11 is 0. The van der Waals surface area contributed by atoms with E-state index in [2.05, 4.69) is 0 Å². The maximum Gasteiger partial charge on any atom is 0.214 e. The second-order valence-electron chi connectivity index (χ2n) is 6.32. The van der Waals surface area contributed by atoms with Crippen molar-refractivity contribution >= 4 is 22.4 Å². The van der Waals surface area contributed by atoms with Crippen molar-refractivity contribution in [2.24, 2.45) is 11.7 Å². The summed E-state index contributed by atoms with van der Waals surface area (Å²) < 4.78 is 27.0. The molecule has 2 unspecified atom stereocenters. The minimum absolute atomic E-state index is 0. The summed E-state index contributed by atoms with van der Waals surface area (Å²) in [4.78, 5) is 0. The molecular weight excluding hydrogens is 296 g/mol. The molecule has 2 fully saturated rings. The zero-order valence-corrected chi connectivity index (χ0v) is 14.1. The van der Waals surface area contributed by atoms with Crippen LogP contribution in [0.25, 0.3) is 0 Å². The summed E-state index contributed by atoms with van der Waals surface area (Å²) in [5.74, 6) is 0.713. The van der Waals surface area contributed by atoms with Crippen molar-refractivity contribution < 1.29 is 8.42 Å². The van der Waals surface area contributed by atoms with Crippen molar-refractivity contribution in [1.29, 1.82) is 0 Å². The van der Waals surface area contributed by atoms with Crippen LogP contribution in [0, 0.1) is 5.92 Å². The highest BCUT2D eigenvalue weighted by molar-refractivity contribution is 7.89. The third-order valence-corrected chi connectivity index (χ3v) is 6.69. The van der Waals surface area contributed by atoms with E-state index in [9.17, 15) is 8.42 Å². The van der Waals surface area contributed by atoms with Crippen molar-refractivity contribution in [3.8, 4) is 0 Å². The van der Waals surface area contributed by atoms with Gasteiger partial charge in [0.1, 0.15) is 0 Å². The van der Waals surface area contributed by atoms with Gasteiger partial charge < -0.3 is 5.73 Å². The summed E-state index contributed by atoms with van der Waals surface area (Å²) in [7, 11) is -3.12. The minimum Gasteiger partial charge on any atom is -0.326 e. The Morgan fingerprint density at radius 2 is 1.70 bits per heavy atom. The van der Waals surface area contributed by atoms with Crippen LogP contribution >= 0.6 is 12.4 Å². The summed E-state index contributed by atoms with van der Waals surface area (Å²) in [6, 6.07) is -0.0521.